The fraction of sp³-hybridized carbons (Fsp3) is 0.286. The molecule has 0 aliphatic carbocycles. The van der Waals surface area contributed by atoms with Crippen molar-refractivity contribution in [1.29, 1.82) is 0 Å². The van der Waals surface area contributed by atoms with Crippen LogP contribution in [0, 0.1) is 11.7 Å². The molecule has 0 fully saturated rings. The van der Waals surface area contributed by atoms with Gasteiger partial charge in [0.05, 0.1) is 11.2 Å². The zero-order valence-corrected chi connectivity index (χ0v) is 16.1. The van der Waals surface area contributed by atoms with Crippen molar-refractivity contribution < 1.29 is 14.0 Å². The van der Waals surface area contributed by atoms with Gasteiger partial charge >= 0.3 is 0 Å². The van der Waals surface area contributed by atoms with E-state index in [2.05, 4.69) is 29.5 Å². The summed E-state index contributed by atoms with van der Waals surface area (Å²) in [5.74, 6) is -0.321. The number of nitrogens with one attached hydrogen (secondary N) is 2. The van der Waals surface area contributed by atoms with Crippen LogP contribution in [0.25, 0.3) is 5.52 Å². The van der Waals surface area contributed by atoms with E-state index >= 15 is 0 Å². The molecule has 3 rings (SSSR count). The van der Waals surface area contributed by atoms with E-state index in [1.165, 1.54) is 18.2 Å². The van der Waals surface area contributed by atoms with Crippen molar-refractivity contribution in [2.45, 2.75) is 33.2 Å². The lowest BCUT2D eigenvalue weighted by Crippen LogP contribution is -2.41. The van der Waals surface area contributed by atoms with E-state index in [0.29, 0.717) is 11.4 Å². The smallest absolute Gasteiger partial charge is 0.272 e. The Kier molecular flexibility index (Phi) is 5.73. The number of imidazole rings is 1. The summed E-state index contributed by atoms with van der Waals surface area (Å²) >= 11 is 0. The number of carbonyl (C=O) groups is 2. The third-order valence-corrected chi connectivity index (χ3v) is 4.30. The fourth-order valence-corrected chi connectivity index (χ4v) is 2.91. The highest BCUT2D eigenvalue weighted by molar-refractivity contribution is 6.03. The molecule has 0 saturated heterocycles. The minimum Gasteiger partial charge on any atom is -0.339 e. The molecule has 0 bridgehead atoms. The maximum atomic E-state index is 13.7. The second-order valence-corrected chi connectivity index (χ2v) is 7.09. The van der Waals surface area contributed by atoms with Gasteiger partial charge in [0.25, 0.3) is 5.91 Å². The van der Waals surface area contributed by atoms with Gasteiger partial charge in [-0.15, -0.1) is 0 Å². The molecule has 28 heavy (non-hydrogen) atoms. The zero-order chi connectivity index (χ0) is 20.3. The number of aromatic nitrogens is 2. The Hall–Kier alpha value is -3.22. The maximum Gasteiger partial charge on any atom is 0.272 e. The third kappa shape index (κ3) is 4.19. The molecule has 0 saturated carbocycles. The zero-order valence-electron chi connectivity index (χ0n) is 16.1. The molecule has 2 amide bonds. The molecule has 1 aromatic carbocycles. The van der Waals surface area contributed by atoms with Crippen molar-refractivity contribution in [2.24, 2.45) is 5.92 Å². The Morgan fingerprint density at radius 3 is 2.54 bits per heavy atom. The number of rotatable bonds is 6. The number of amides is 2. The first kappa shape index (κ1) is 19.5. The molecule has 7 heteroatoms. The normalized spacial score (nSPS) is 12.2. The minimum absolute atomic E-state index is 0.0697. The number of anilines is 1. The van der Waals surface area contributed by atoms with Crippen molar-refractivity contribution in [3.63, 3.8) is 0 Å². The Labute approximate surface area is 162 Å². The lowest BCUT2D eigenvalue weighted by atomic mass is 10.1. The minimum atomic E-state index is -0.860. The molecule has 146 valence electrons. The summed E-state index contributed by atoms with van der Waals surface area (Å²) < 4.78 is 15.6. The SMILES string of the molecule is CC(C)Cc1nc(C(=O)NC(C)C(=O)Nc2ccccc2F)c2ccccn12. The van der Waals surface area contributed by atoms with Crippen LogP contribution in [-0.2, 0) is 11.2 Å². The van der Waals surface area contributed by atoms with Crippen molar-refractivity contribution in [3.8, 4) is 0 Å². The molecular formula is C21H23FN4O2. The monoisotopic (exact) mass is 382 g/mol. The van der Waals surface area contributed by atoms with Crippen LogP contribution in [0.3, 0.4) is 0 Å². The predicted molar refractivity (Wildman–Crippen MR) is 106 cm³/mol. The molecule has 2 heterocycles. The molecule has 1 atom stereocenters. The number of hydrogen-bond acceptors (Lipinski definition) is 3. The summed E-state index contributed by atoms with van der Waals surface area (Å²) in [7, 11) is 0. The van der Waals surface area contributed by atoms with E-state index in [0.717, 1.165) is 12.2 Å². The average Bonchev–Trinajstić information content (AvgIpc) is 3.01. The van der Waals surface area contributed by atoms with Gasteiger partial charge in [-0.2, -0.15) is 0 Å². The van der Waals surface area contributed by atoms with Crippen molar-refractivity contribution in [2.75, 3.05) is 5.32 Å². The van der Waals surface area contributed by atoms with Crippen molar-refractivity contribution >= 4 is 23.0 Å². The van der Waals surface area contributed by atoms with Crippen LogP contribution in [-0.4, -0.2) is 27.2 Å². The molecule has 0 aliphatic heterocycles. The van der Waals surface area contributed by atoms with Crippen molar-refractivity contribution in [3.05, 3.63) is 66.0 Å². The lowest BCUT2D eigenvalue weighted by molar-refractivity contribution is -0.117. The second kappa shape index (κ2) is 8.21. The molecule has 6 nitrogen and oxygen atoms in total. The van der Waals surface area contributed by atoms with Crippen LogP contribution in [0.2, 0.25) is 0 Å². The van der Waals surface area contributed by atoms with Crippen LogP contribution in [0.5, 0.6) is 0 Å². The number of fused-ring (bicyclic) bond motifs is 1. The van der Waals surface area contributed by atoms with Crippen LogP contribution in [0.15, 0.2) is 48.7 Å². The largest absolute Gasteiger partial charge is 0.339 e. The molecular weight excluding hydrogens is 359 g/mol. The van der Waals surface area contributed by atoms with Gasteiger partial charge in [0.1, 0.15) is 17.7 Å². The maximum absolute atomic E-state index is 13.7. The van der Waals surface area contributed by atoms with Crippen LogP contribution in [0.1, 0.15) is 37.1 Å². The molecule has 1 unspecified atom stereocenters. The van der Waals surface area contributed by atoms with E-state index in [1.54, 1.807) is 13.0 Å². The fourth-order valence-electron chi connectivity index (χ4n) is 2.91. The van der Waals surface area contributed by atoms with E-state index in [9.17, 15) is 14.0 Å². The van der Waals surface area contributed by atoms with Gasteiger partial charge in [-0.3, -0.25) is 9.59 Å². The van der Waals surface area contributed by atoms with Gasteiger partial charge in [-0.25, -0.2) is 9.37 Å². The average molecular weight is 382 g/mol. The standard InChI is InChI=1S/C21H23FN4O2/c1-13(2)12-18-25-19(17-10-6-7-11-26(17)18)21(28)23-14(3)20(27)24-16-9-5-4-8-15(16)22/h4-11,13-14H,12H2,1-3H3,(H,23,28)(H,24,27). The van der Waals surface area contributed by atoms with Gasteiger partial charge < -0.3 is 15.0 Å². The summed E-state index contributed by atoms with van der Waals surface area (Å²) in [6.07, 6.45) is 2.59. The first-order valence-corrected chi connectivity index (χ1v) is 9.19. The molecule has 0 spiro atoms. The highest BCUT2D eigenvalue weighted by atomic mass is 19.1. The highest BCUT2D eigenvalue weighted by Crippen LogP contribution is 2.17. The number of para-hydroxylation sites is 1. The predicted octanol–water partition coefficient (Wildman–Crippen LogP) is 3.43. The van der Waals surface area contributed by atoms with E-state index in [1.807, 2.05) is 28.8 Å². The van der Waals surface area contributed by atoms with Crippen LogP contribution < -0.4 is 10.6 Å². The number of carbonyl (C=O) groups excluding carboxylic acids is 2. The molecule has 2 aromatic heterocycles. The van der Waals surface area contributed by atoms with Gasteiger partial charge in [-0.1, -0.05) is 32.0 Å². The quantitative estimate of drug-likeness (QED) is 0.686. The van der Waals surface area contributed by atoms with Crippen LogP contribution in [0.4, 0.5) is 10.1 Å². The lowest BCUT2D eigenvalue weighted by Gasteiger charge is -2.14. The van der Waals surface area contributed by atoms with Gasteiger partial charge in [0, 0.05) is 12.6 Å². The Morgan fingerprint density at radius 2 is 1.82 bits per heavy atom. The number of benzene rings is 1. The molecule has 0 radical (unpaired) electrons. The van der Waals surface area contributed by atoms with E-state index in [-0.39, 0.29) is 11.4 Å². The Balaban J connectivity index is 1.77. The van der Waals surface area contributed by atoms with Gasteiger partial charge in [0.15, 0.2) is 5.69 Å². The second-order valence-electron chi connectivity index (χ2n) is 7.09. The topological polar surface area (TPSA) is 75.5 Å². The first-order chi connectivity index (χ1) is 13.4. The number of pyridine rings is 1. The van der Waals surface area contributed by atoms with Gasteiger partial charge in [0.2, 0.25) is 5.91 Å². The molecule has 0 aliphatic rings. The van der Waals surface area contributed by atoms with Crippen LogP contribution >= 0.6 is 0 Å². The number of nitrogens with zero attached hydrogens (tertiary/aromatic N) is 2. The Morgan fingerprint density at radius 1 is 1.11 bits per heavy atom. The van der Waals surface area contributed by atoms with E-state index in [4.69, 9.17) is 0 Å². The summed E-state index contributed by atoms with van der Waals surface area (Å²) in [5, 5.41) is 5.13. The third-order valence-electron chi connectivity index (χ3n) is 4.30. The van der Waals surface area contributed by atoms with Crippen molar-refractivity contribution in [1.82, 2.24) is 14.7 Å². The Bertz CT molecular complexity index is 1010. The number of halogens is 1. The first-order valence-electron chi connectivity index (χ1n) is 9.19. The molecule has 2 N–H and O–H groups in total. The summed E-state index contributed by atoms with van der Waals surface area (Å²) in [6.45, 7) is 5.71. The summed E-state index contributed by atoms with van der Waals surface area (Å²) in [5.41, 5.74) is 1.01. The van der Waals surface area contributed by atoms with E-state index < -0.39 is 23.7 Å². The van der Waals surface area contributed by atoms with Gasteiger partial charge in [-0.05, 0) is 37.1 Å². The summed E-state index contributed by atoms with van der Waals surface area (Å²) in [6, 6.07) is 10.5. The molecule has 3 aromatic rings. The highest BCUT2D eigenvalue weighted by Gasteiger charge is 2.22. The number of hydrogen-bond donors (Lipinski definition) is 2. The summed E-state index contributed by atoms with van der Waals surface area (Å²) in [4.78, 5) is 29.6.